The van der Waals surface area contributed by atoms with Gasteiger partial charge in [-0.3, -0.25) is 9.59 Å². The minimum Gasteiger partial charge on any atom is -0.478 e. The standard InChI is InChI=1S/C13H9BrN2O4/c14-10-3-2-8(5-9(10)13(19)20)16-12(18)7-1-4-11(17)15-6-7/h1-6H,(H,15,17)(H,16,18)(H,19,20). The molecule has 7 heteroatoms. The molecule has 102 valence electrons. The van der Waals surface area contributed by atoms with Crippen LogP contribution in [0.5, 0.6) is 0 Å². The first-order chi connectivity index (χ1) is 9.47. The number of amides is 1. The summed E-state index contributed by atoms with van der Waals surface area (Å²) in [6.07, 6.45) is 1.29. The van der Waals surface area contributed by atoms with Crippen LogP contribution in [0.3, 0.4) is 0 Å². The van der Waals surface area contributed by atoms with Crippen LogP contribution in [0.15, 0.2) is 45.8 Å². The monoisotopic (exact) mass is 336 g/mol. The summed E-state index contributed by atoms with van der Waals surface area (Å²) in [4.78, 5) is 36.2. The lowest BCUT2D eigenvalue weighted by Gasteiger charge is -2.07. The number of benzene rings is 1. The van der Waals surface area contributed by atoms with Crippen LogP contribution in [0.25, 0.3) is 0 Å². The average molecular weight is 337 g/mol. The Labute approximate surface area is 121 Å². The third-order valence-corrected chi connectivity index (χ3v) is 3.19. The molecule has 0 saturated carbocycles. The molecule has 0 fully saturated rings. The highest BCUT2D eigenvalue weighted by molar-refractivity contribution is 9.10. The van der Waals surface area contributed by atoms with E-state index in [4.69, 9.17) is 5.11 Å². The van der Waals surface area contributed by atoms with Crippen LogP contribution in [0.1, 0.15) is 20.7 Å². The molecule has 0 spiro atoms. The van der Waals surface area contributed by atoms with Gasteiger partial charge in [0.25, 0.3) is 5.91 Å². The van der Waals surface area contributed by atoms with E-state index < -0.39 is 11.9 Å². The van der Waals surface area contributed by atoms with Crippen molar-refractivity contribution in [2.75, 3.05) is 5.32 Å². The number of aromatic nitrogens is 1. The van der Waals surface area contributed by atoms with E-state index in [1.165, 1.54) is 30.5 Å². The molecule has 6 nitrogen and oxygen atoms in total. The summed E-state index contributed by atoms with van der Waals surface area (Å²) < 4.78 is 0.423. The smallest absolute Gasteiger partial charge is 0.336 e. The lowest BCUT2D eigenvalue weighted by atomic mass is 10.2. The maximum absolute atomic E-state index is 11.9. The van der Waals surface area contributed by atoms with E-state index in [2.05, 4.69) is 26.2 Å². The number of carbonyl (C=O) groups is 2. The van der Waals surface area contributed by atoms with E-state index in [1.54, 1.807) is 6.07 Å². The molecule has 0 radical (unpaired) electrons. The van der Waals surface area contributed by atoms with Crippen LogP contribution in [-0.2, 0) is 0 Å². The molecule has 0 atom stereocenters. The highest BCUT2D eigenvalue weighted by Gasteiger charge is 2.11. The minimum atomic E-state index is -1.10. The van der Waals surface area contributed by atoms with Gasteiger partial charge in [-0.2, -0.15) is 0 Å². The van der Waals surface area contributed by atoms with Crippen molar-refractivity contribution in [1.82, 2.24) is 4.98 Å². The molecule has 1 aromatic carbocycles. The molecular formula is C13H9BrN2O4. The molecule has 0 bridgehead atoms. The summed E-state index contributed by atoms with van der Waals surface area (Å²) in [5.41, 5.74) is 0.355. The second kappa shape index (κ2) is 5.70. The van der Waals surface area contributed by atoms with Gasteiger partial charge < -0.3 is 15.4 Å². The van der Waals surface area contributed by atoms with Crippen molar-refractivity contribution in [3.05, 3.63) is 62.5 Å². The molecule has 0 aliphatic heterocycles. The van der Waals surface area contributed by atoms with E-state index in [9.17, 15) is 14.4 Å². The van der Waals surface area contributed by atoms with Gasteiger partial charge in [0.05, 0.1) is 11.1 Å². The Balaban J connectivity index is 2.24. The van der Waals surface area contributed by atoms with Gasteiger partial charge in [0, 0.05) is 22.4 Å². The fourth-order valence-corrected chi connectivity index (χ4v) is 1.94. The Morgan fingerprint density at radius 2 is 1.95 bits per heavy atom. The van der Waals surface area contributed by atoms with E-state index >= 15 is 0 Å². The third-order valence-electron chi connectivity index (χ3n) is 2.50. The van der Waals surface area contributed by atoms with Crippen LogP contribution in [0, 0.1) is 0 Å². The van der Waals surface area contributed by atoms with Crippen LogP contribution < -0.4 is 10.9 Å². The molecule has 0 unspecified atom stereocenters. The number of pyridine rings is 1. The largest absolute Gasteiger partial charge is 0.478 e. The summed E-state index contributed by atoms with van der Waals surface area (Å²) in [5.74, 6) is -1.54. The number of halogens is 1. The number of H-pyrrole nitrogens is 1. The zero-order valence-electron chi connectivity index (χ0n) is 10.0. The van der Waals surface area contributed by atoms with Crippen molar-refractivity contribution >= 4 is 33.5 Å². The summed E-state index contributed by atoms with van der Waals surface area (Å²) in [6, 6.07) is 7.06. The number of nitrogens with one attached hydrogen (secondary N) is 2. The van der Waals surface area contributed by atoms with Crippen molar-refractivity contribution in [3.8, 4) is 0 Å². The van der Waals surface area contributed by atoms with Crippen LogP contribution in [0.4, 0.5) is 5.69 Å². The number of carboxylic acids is 1. The molecule has 3 N–H and O–H groups in total. The quantitative estimate of drug-likeness (QED) is 0.798. The highest BCUT2D eigenvalue weighted by Crippen LogP contribution is 2.21. The fourth-order valence-electron chi connectivity index (χ4n) is 1.52. The van der Waals surface area contributed by atoms with E-state index in [1.807, 2.05) is 0 Å². The number of aromatic amines is 1. The summed E-state index contributed by atoms with van der Waals surface area (Å²) >= 11 is 3.12. The predicted octanol–water partition coefficient (Wildman–Crippen LogP) is 2.09. The van der Waals surface area contributed by atoms with E-state index in [-0.39, 0.29) is 16.7 Å². The Morgan fingerprint density at radius 1 is 1.20 bits per heavy atom. The maximum atomic E-state index is 11.9. The van der Waals surface area contributed by atoms with Crippen molar-refractivity contribution in [2.24, 2.45) is 0 Å². The lowest BCUT2D eigenvalue weighted by molar-refractivity contribution is 0.0695. The molecule has 2 aromatic rings. The normalized spacial score (nSPS) is 10.1. The first-order valence-electron chi connectivity index (χ1n) is 5.50. The Bertz CT molecular complexity index is 719. The van der Waals surface area contributed by atoms with Gasteiger partial charge in [-0.25, -0.2) is 4.79 Å². The number of aromatic carboxylic acids is 1. The molecule has 1 amide bonds. The SMILES string of the molecule is O=C(Nc1ccc(Br)c(C(=O)O)c1)c1ccc(=O)[nH]c1. The van der Waals surface area contributed by atoms with Gasteiger partial charge in [-0.1, -0.05) is 0 Å². The molecule has 20 heavy (non-hydrogen) atoms. The average Bonchev–Trinajstić information content (AvgIpc) is 2.41. The minimum absolute atomic E-state index is 0.0456. The highest BCUT2D eigenvalue weighted by atomic mass is 79.9. The molecule has 2 rings (SSSR count). The third kappa shape index (κ3) is 3.12. The number of hydrogen-bond acceptors (Lipinski definition) is 3. The molecule has 0 saturated heterocycles. The number of carbonyl (C=O) groups excluding carboxylic acids is 1. The number of carboxylic acid groups (broad SMARTS) is 1. The van der Waals surface area contributed by atoms with Gasteiger partial charge in [0.15, 0.2) is 0 Å². The lowest BCUT2D eigenvalue weighted by Crippen LogP contribution is -2.15. The second-order valence-corrected chi connectivity index (χ2v) is 4.75. The van der Waals surface area contributed by atoms with Crippen molar-refractivity contribution in [1.29, 1.82) is 0 Å². The summed E-state index contributed by atoms with van der Waals surface area (Å²) in [6.45, 7) is 0. The van der Waals surface area contributed by atoms with E-state index in [0.717, 1.165) is 0 Å². The number of anilines is 1. The molecule has 1 aromatic heterocycles. The topological polar surface area (TPSA) is 99.3 Å². The van der Waals surface area contributed by atoms with Gasteiger partial charge in [-0.15, -0.1) is 0 Å². The molecule has 0 aliphatic rings. The van der Waals surface area contributed by atoms with E-state index in [0.29, 0.717) is 10.2 Å². The molecule has 0 aliphatic carbocycles. The number of hydrogen-bond donors (Lipinski definition) is 3. The predicted molar refractivity (Wildman–Crippen MR) is 76.1 cm³/mol. The molecule has 1 heterocycles. The Kier molecular flexibility index (Phi) is 3.99. The zero-order valence-corrected chi connectivity index (χ0v) is 11.6. The number of rotatable bonds is 3. The van der Waals surface area contributed by atoms with Crippen LogP contribution in [-0.4, -0.2) is 22.0 Å². The Morgan fingerprint density at radius 3 is 2.55 bits per heavy atom. The summed E-state index contributed by atoms with van der Waals surface area (Å²) in [5, 5.41) is 11.5. The summed E-state index contributed by atoms with van der Waals surface area (Å²) in [7, 11) is 0. The van der Waals surface area contributed by atoms with Crippen LogP contribution in [0.2, 0.25) is 0 Å². The van der Waals surface area contributed by atoms with Gasteiger partial charge in [0.1, 0.15) is 0 Å². The van der Waals surface area contributed by atoms with Crippen molar-refractivity contribution < 1.29 is 14.7 Å². The van der Waals surface area contributed by atoms with Crippen molar-refractivity contribution in [3.63, 3.8) is 0 Å². The first kappa shape index (κ1) is 14.0. The first-order valence-corrected chi connectivity index (χ1v) is 6.29. The maximum Gasteiger partial charge on any atom is 0.336 e. The fraction of sp³-hybridized carbons (Fsp3) is 0. The zero-order chi connectivity index (χ0) is 14.7. The van der Waals surface area contributed by atoms with Crippen LogP contribution >= 0.6 is 15.9 Å². The van der Waals surface area contributed by atoms with Gasteiger partial charge in [-0.05, 0) is 40.2 Å². The van der Waals surface area contributed by atoms with Gasteiger partial charge in [0.2, 0.25) is 5.56 Å². The molecular weight excluding hydrogens is 328 g/mol. The van der Waals surface area contributed by atoms with Crippen molar-refractivity contribution in [2.45, 2.75) is 0 Å². The Hall–Kier alpha value is -2.41. The second-order valence-electron chi connectivity index (χ2n) is 3.90. The van der Waals surface area contributed by atoms with Gasteiger partial charge >= 0.3 is 5.97 Å².